The van der Waals surface area contributed by atoms with Crippen LogP contribution in [0.1, 0.15) is 24.8 Å². The molecule has 0 aliphatic carbocycles. The predicted molar refractivity (Wildman–Crippen MR) is 78.0 cm³/mol. The summed E-state index contributed by atoms with van der Waals surface area (Å²) in [6, 6.07) is 7.37. The summed E-state index contributed by atoms with van der Waals surface area (Å²) in [5.41, 5.74) is 1.18. The van der Waals surface area contributed by atoms with Gasteiger partial charge in [0.25, 0.3) is 0 Å². The van der Waals surface area contributed by atoms with Crippen LogP contribution in [-0.2, 0) is 11.2 Å². The molecule has 6 heteroatoms. The van der Waals surface area contributed by atoms with E-state index >= 15 is 0 Å². The molecule has 0 saturated carbocycles. The zero-order chi connectivity index (χ0) is 14.8. The van der Waals surface area contributed by atoms with Crippen LogP contribution in [-0.4, -0.2) is 30.2 Å². The summed E-state index contributed by atoms with van der Waals surface area (Å²) in [5.74, 6) is -0.852. The number of carboxylic acid groups (broad SMARTS) is 1. The molecule has 5 nitrogen and oxygen atoms in total. The first-order valence-electron chi connectivity index (χ1n) is 6.56. The molecular weight excluding hydrogens is 280 g/mol. The molecule has 1 aromatic carbocycles. The number of carboxylic acids is 1. The Balaban J connectivity index is 2.04. The van der Waals surface area contributed by atoms with Crippen molar-refractivity contribution in [2.45, 2.75) is 25.7 Å². The molecule has 20 heavy (non-hydrogen) atoms. The second-order valence-corrected chi connectivity index (χ2v) is 4.85. The van der Waals surface area contributed by atoms with Crippen LogP contribution in [0.5, 0.6) is 0 Å². The lowest BCUT2D eigenvalue weighted by molar-refractivity contribution is -0.137. The number of hydrogen-bond acceptors (Lipinski definition) is 2. The first-order chi connectivity index (χ1) is 9.58. The lowest BCUT2D eigenvalue weighted by Gasteiger charge is -2.07. The number of halogens is 1. The fraction of sp³-hybridized carbons (Fsp3) is 0.429. The highest BCUT2D eigenvalue weighted by atomic mass is 35.5. The number of carbonyl (C=O) groups is 2. The third-order valence-electron chi connectivity index (χ3n) is 2.69. The van der Waals surface area contributed by atoms with E-state index < -0.39 is 5.97 Å². The van der Waals surface area contributed by atoms with Gasteiger partial charge >= 0.3 is 12.0 Å². The smallest absolute Gasteiger partial charge is 0.314 e. The lowest BCUT2D eigenvalue weighted by atomic mass is 10.1. The molecule has 0 aromatic heterocycles. The summed E-state index contributed by atoms with van der Waals surface area (Å²) < 4.78 is 0. The minimum absolute atomic E-state index is 0.0663. The van der Waals surface area contributed by atoms with Gasteiger partial charge in [0.2, 0.25) is 0 Å². The average Bonchev–Trinajstić information content (AvgIpc) is 2.41. The van der Waals surface area contributed by atoms with E-state index in [1.807, 2.05) is 24.3 Å². The molecule has 110 valence electrons. The summed E-state index contributed by atoms with van der Waals surface area (Å²) in [7, 11) is 0. The average molecular weight is 299 g/mol. The summed E-state index contributed by atoms with van der Waals surface area (Å²) in [6.07, 6.45) is 2.21. The fourth-order valence-electron chi connectivity index (χ4n) is 1.65. The highest BCUT2D eigenvalue weighted by molar-refractivity contribution is 6.30. The molecule has 0 atom stereocenters. The molecule has 3 N–H and O–H groups in total. The standard InChI is InChI=1S/C14H19ClN2O3/c15-12-7-5-11(6-8-12)3-1-9-16-14(20)17-10-2-4-13(18)19/h5-8H,1-4,9-10H2,(H,18,19)(H2,16,17,20). The molecule has 1 rings (SSSR count). The first kappa shape index (κ1) is 16.3. The van der Waals surface area contributed by atoms with E-state index in [1.165, 1.54) is 5.56 Å². The SMILES string of the molecule is O=C(O)CCCNC(=O)NCCCc1ccc(Cl)cc1. The van der Waals surface area contributed by atoms with Gasteiger partial charge in [-0.25, -0.2) is 4.79 Å². The van der Waals surface area contributed by atoms with E-state index in [9.17, 15) is 9.59 Å². The van der Waals surface area contributed by atoms with Crippen LogP contribution in [0.3, 0.4) is 0 Å². The Bertz CT molecular complexity index is 435. The number of aryl methyl sites for hydroxylation is 1. The summed E-state index contributed by atoms with van der Waals surface area (Å²) in [6.45, 7) is 0.947. The Hall–Kier alpha value is -1.75. The van der Waals surface area contributed by atoms with E-state index in [4.69, 9.17) is 16.7 Å². The van der Waals surface area contributed by atoms with Crippen LogP contribution < -0.4 is 10.6 Å². The first-order valence-corrected chi connectivity index (χ1v) is 6.93. The van der Waals surface area contributed by atoms with Gasteiger partial charge in [-0.05, 0) is 37.0 Å². The number of rotatable bonds is 8. The maximum Gasteiger partial charge on any atom is 0.314 e. The van der Waals surface area contributed by atoms with Gasteiger partial charge in [-0.2, -0.15) is 0 Å². The molecule has 2 amide bonds. The van der Waals surface area contributed by atoms with Crippen LogP contribution in [0.25, 0.3) is 0 Å². The van der Waals surface area contributed by atoms with Crippen LogP contribution in [0.4, 0.5) is 4.79 Å². The van der Waals surface area contributed by atoms with E-state index in [2.05, 4.69) is 10.6 Å². The zero-order valence-corrected chi connectivity index (χ0v) is 11.9. The Morgan fingerprint density at radius 1 is 1.05 bits per heavy atom. The van der Waals surface area contributed by atoms with Crippen molar-refractivity contribution in [2.24, 2.45) is 0 Å². The van der Waals surface area contributed by atoms with Gasteiger partial charge in [0.1, 0.15) is 0 Å². The van der Waals surface area contributed by atoms with Gasteiger partial charge in [-0.1, -0.05) is 23.7 Å². The van der Waals surface area contributed by atoms with Crippen molar-refractivity contribution in [1.29, 1.82) is 0 Å². The quantitative estimate of drug-likeness (QED) is 0.645. The molecule has 1 aromatic rings. The van der Waals surface area contributed by atoms with Gasteiger partial charge in [0.15, 0.2) is 0 Å². The maximum atomic E-state index is 11.4. The lowest BCUT2D eigenvalue weighted by Crippen LogP contribution is -2.36. The zero-order valence-electron chi connectivity index (χ0n) is 11.2. The number of aliphatic carboxylic acids is 1. The molecule has 0 fully saturated rings. The number of carbonyl (C=O) groups excluding carboxylic acids is 1. The van der Waals surface area contributed by atoms with Crippen molar-refractivity contribution in [3.63, 3.8) is 0 Å². The number of amides is 2. The van der Waals surface area contributed by atoms with Crippen molar-refractivity contribution in [3.8, 4) is 0 Å². The van der Waals surface area contributed by atoms with Crippen LogP contribution in [0.2, 0.25) is 5.02 Å². The van der Waals surface area contributed by atoms with Gasteiger partial charge in [0.05, 0.1) is 0 Å². The number of hydrogen-bond donors (Lipinski definition) is 3. The van der Waals surface area contributed by atoms with E-state index in [1.54, 1.807) is 0 Å². The van der Waals surface area contributed by atoms with Gasteiger partial charge in [0, 0.05) is 24.5 Å². The highest BCUT2D eigenvalue weighted by Gasteiger charge is 2.01. The third-order valence-corrected chi connectivity index (χ3v) is 2.95. The monoisotopic (exact) mass is 298 g/mol. The van der Waals surface area contributed by atoms with Crippen molar-refractivity contribution in [2.75, 3.05) is 13.1 Å². The van der Waals surface area contributed by atoms with Crippen LogP contribution >= 0.6 is 11.6 Å². The number of benzene rings is 1. The summed E-state index contributed by atoms with van der Waals surface area (Å²) in [5, 5.41) is 14.5. The predicted octanol–water partition coefficient (Wildman–Crippen LogP) is 2.44. The maximum absolute atomic E-state index is 11.4. The van der Waals surface area contributed by atoms with Crippen molar-refractivity contribution in [1.82, 2.24) is 10.6 Å². The molecule has 0 aliphatic rings. The normalized spacial score (nSPS) is 10.1. The Kier molecular flexibility index (Phi) is 7.50. The fourth-order valence-corrected chi connectivity index (χ4v) is 1.78. The van der Waals surface area contributed by atoms with E-state index in [0.29, 0.717) is 24.5 Å². The van der Waals surface area contributed by atoms with Gasteiger partial charge in [-0.15, -0.1) is 0 Å². The van der Waals surface area contributed by atoms with E-state index in [0.717, 1.165) is 12.8 Å². The summed E-state index contributed by atoms with van der Waals surface area (Å²) >= 11 is 5.79. The Morgan fingerprint density at radius 2 is 1.65 bits per heavy atom. The van der Waals surface area contributed by atoms with E-state index in [-0.39, 0.29) is 12.5 Å². The van der Waals surface area contributed by atoms with Crippen LogP contribution in [0.15, 0.2) is 24.3 Å². The second-order valence-electron chi connectivity index (χ2n) is 4.41. The molecule has 0 bridgehead atoms. The minimum Gasteiger partial charge on any atom is -0.481 e. The molecule has 0 heterocycles. The Morgan fingerprint density at radius 3 is 2.25 bits per heavy atom. The van der Waals surface area contributed by atoms with Crippen molar-refractivity contribution >= 4 is 23.6 Å². The molecule has 0 aliphatic heterocycles. The molecule has 0 saturated heterocycles. The Labute approximate surface area is 123 Å². The second kappa shape index (κ2) is 9.20. The van der Waals surface area contributed by atoms with Crippen molar-refractivity contribution < 1.29 is 14.7 Å². The molecular formula is C14H19ClN2O3. The van der Waals surface area contributed by atoms with Crippen LogP contribution in [0, 0.1) is 0 Å². The number of nitrogens with one attached hydrogen (secondary N) is 2. The third kappa shape index (κ3) is 7.63. The van der Waals surface area contributed by atoms with Gasteiger partial charge in [-0.3, -0.25) is 4.79 Å². The number of urea groups is 1. The molecule has 0 radical (unpaired) electrons. The minimum atomic E-state index is -0.852. The van der Waals surface area contributed by atoms with Crippen molar-refractivity contribution in [3.05, 3.63) is 34.9 Å². The van der Waals surface area contributed by atoms with Gasteiger partial charge < -0.3 is 15.7 Å². The molecule has 0 unspecified atom stereocenters. The molecule has 0 spiro atoms. The highest BCUT2D eigenvalue weighted by Crippen LogP contribution is 2.10. The summed E-state index contributed by atoms with van der Waals surface area (Å²) in [4.78, 5) is 21.6. The topological polar surface area (TPSA) is 78.4 Å². The largest absolute Gasteiger partial charge is 0.481 e.